The van der Waals surface area contributed by atoms with Gasteiger partial charge in [0.1, 0.15) is 0 Å². The van der Waals surface area contributed by atoms with Gasteiger partial charge >= 0.3 is 0 Å². The van der Waals surface area contributed by atoms with Gasteiger partial charge in [0.25, 0.3) is 5.91 Å². The number of carbonyl (C=O) groups is 1. The zero-order chi connectivity index (χ0) is 14.0. The van der Waals surface area contributed by atoms with Crippen LogP contribution in [0, 0.1) is 5.82 Å². The molecule has 1 aromatic carbocycles. The van der Waals surface area contributed by atoms with Gasteiger partial charge in [-0.1, -0.05) is 17.7 Å². The molecule has 0 saturated carbocycles. The average Bonchev–Trinajstić information content (AvgIpc) is 2.77. The summed E-state index contributed by atoms with van der Waals surface area (Å²) in [5, 5.41) is 1.89. The van der Waals surface area contributed by atoms with Crippen molar-refractivity contribution in [2.45, 2.75) is 6.54 Å². The predicted octanol–water partition coefficient (Wildman–Crippen LogP) is 4.58. The molecular weight excluding hydrogens is 353 g/mol. The van der Waals surface area contributed by atoms with Crippen molar-refractivity contribution in [2.75, 3.05) is 7.05 Å². The van der Waals surface area contributed by atoms with Gasteiger partial charge in [-0.3, -0.25) is 4.79 Å². The molecule has 0 unspecified atom stereocenters. The maximum atomic E-state index is 13.8. The second-order valence-electron chi connectivity index (χ2n) is 3.99. The average molecular weight is 363 g/mol. The first-order valence-electron chi connectivity index (χ1n) is 5.41. The summed E-state index contributed by atoms with van der Waals surface area (Å²) in [6.07, 6.45) is 0. The lowest BCUT2D eigenvalue weighted by Crippen LogP contribution is -2.26. The van der Waals surface area contributed by atoms with Gasteiger partial charge in [-0.25, -0.2) is 4.39 Å². The molecular formula is C13H10BrClFNOS. The molecule has 19 heavy (non-hydrogen) atoms. The van der Waals surface area contributed by atoms with Crippen molar-refractivity contribution in [1.82, 2.24) is 4.90 Å². The van der Waals surface area contributed by atoms with Gasteiger partial charge in [0.2, 0.25) is 0 Å². The van der Waals surface area contributed by atoms with E-state index >= 15 is 0 Å². The second-order valence-corrected chi connectivity index (χ2v) is 6.31. The molecule has 1 aromatic heterocycles. The quantitative estimate of drug-likeness (QED) is 0.783. The van der Waals surface area contributed by atoms with Crippen molar-refractivity contribution in [3.8, 4) is 0 Å². The van der Waals surface area contributed by atoms with Crippen LogP contribution in [0.15, 0.2) is 34.1 Å². The first kappa shape index (κ1) is 14.5. The Balaban J connectivity index is 2.17. The number of hydrogen-bond donors (Lipinski definition) is 0. The summed E-state index contributed by atoms with van der Waals surface area (Å²) < 4.78 is 14.7. The largest absolute Gasteiger partial charge is 0.336 e. The van der Waals surface area contributed by atoms with Crippen LogP contribution in [0.25, 0.3) is 0 Å². The van der Waals surface area contributed by atoms with E-state index in [1.165, 1.54) is 28.4 Å². The maximum absolute atomic E-state index is 13.8. The van der Waals surface area contributed by atoms with Crippen molar-refractivity contribution < 1.29 is 9.18 Å². The molecule has 0 aliphatic heterocycles. The van der Waals surface area contributed by atoms with Gasteiger partial charge in [-0.05, 0) is 34.1 Å². The van der Waals surface area contributed by atoms with Crippen LogP contribution in [-0.4, -0.2) is 17.9 Å². The van der Waals surface area contributed by atoms with Crippen LogP contribution in [-0.2, 0) is 6.54 Å². The van der Waals surface area contributed by atoms with Crippen molar-refractivity contribution >= 4 is 44.8 Å². The van der Waals surface area contributed by atoms with Gasteiger partial charge in [0.05, 0.1) is 17.1 Å². The van der Waals surface area contributed by atoms with E-state index in [0.29, 0.717) is 6.54 Å². The molecule has 0 spiro atoms. The van der Waals surface area contributed by atoms with Gasteiger partial charge in [-0.15, -0.1) is 11.3 Å². The molecule has 0 atom stereocenters. The third-order valence-corrected chi connectivity index (χ3v) is 4.52. The first-order chi connectivity index (χ1) is 8.99. The van der Waals surface area contributed by atoms with Crippen molar-refractivity contribution in [2.24, 2.45) is 0 Å². The summed E-state index contributed by atoms with van der Waals surface area (Å²) in [6.45, 7) is 0.432. The topological polar surface area (TPSA) is 20.3 Å². The highest BCUT2D eigenvalue weighted by Gasteiger charge is 2.18. The maximum Gasteiger partial charge on any atom is 0.256 e. The number of thiophene rings is 1. The van der Waals surface area contributed by atoms with Crippen LogP contribution in [0.5, 0.6) is 0 Å². The molecule has 0 N–H and O–H groups in total. The number of amides is 1. The van der Waals surface area contributed by atoms with Crippen LogP contribution in [0.4, 0.5) is 4.39 Å². The SMILES string of the molecule is CN(Cc1cc(Br)cs1)C(=O)c1cccc(Cl)c1F. The summed E-state index contributed by atoms with van der Waals surface area (Å²) in [7, 11) is 1.64. The van der Waals surface area contributed by atoms with Gasteiger partial charge < -0.3 is 4.90 Å². The number of carbonyl (C=O) groups excluding carboxylic acids is 1. The number of halogens is 3. The van der Waals surface area contributed by atoms with E-state index in [4.69, 9.17) is 11.6 Å². The third kappa shape index (κ3) is 3.35. The third-order valence-electron chi connectivity index (χ3n) is 2.54. The van der Waals surface area contributed by atoms with E-state index in [9.17, 15) is 9.18 Å². The molecule has 2 aromatic rings. The minimum absolute atomic E-state index is 0.00868. The molecule has 6 heteroatoms. The first-order valence-corrected chi connectivity index (χ1v) is 7.46. The summed E-state index contributed by atoms with van der Waals surface area (Å²) in [6, 6.07) is 6.35. The van der Waals surface area contributed by atoms with Gasteiger partial charge in [-0.2, -0.15) is 0 Å². The Morgan fingerprint density at radius 2 is 2.26 bits per heavy atom. The molecule has 2 rings (SSSR count). The van der Waals surface area contributed by atoms with Crippen molar-refractivity contribution in [1.29, 1.82) is 0 Å². The van der Waals surface area contributed by atoms with E-state index in [-0.39, 0.29) is 16.5 Å². The monoisotopic (exact) mass is 361 g/mol. The van der Waals surface area contributed by atoms with E-state index < -0.39 is 5.82 Å². The molecule has 1 heterocycles. The Labute approximate surface area is 127 Å². The molecule has 0 aliphatic rings. The fraction of sp³-hybridized carbons (Fsp3) is 0.154. The minimum Gasteiger partial charge on any atom is -0.336 e. The summed E-state index contributed by atoms with van der Waals surface area (Å²) in [5.74, 6) is -1.06. The summed E-state index contributed by atoms with van der Waals surface area (Å²) in [5.41, 5.74) is -0.00868. The zero-order valence-electron chi connectivity index (χ0n) is 9.99. The van der Waals surface area contributed by atoms with E-state index in [0.717, 1.165) is 9.35 Å². The highest BCUT2D eigenvalue weighted by molar-refractivity contribution is 9.10. The Kier molecular flexibility index (Phi) is 4.60. The van der Waals surface area contributed by atoms with Gasteiger partial charge in [0.15, 0.2) is 5.82 Å². The van der Waals surface area contributed by atoms with Crippen molar-refractivity contribution in [3.63, 3.8) is 0 Å². The number of rotatable bonds is 3. The normalized spacial score (nSPS) is 10.5. The van der Waals surface area contributed by atoms with Crippen LogP contribution >= 0.6 is 38.9 Å². The molecule has 100 valence electrons. The van der Waals surface area contributed by atoms with Crippen LogP contribution in [0.2, 0.25) is 5.02 Å². The highest BCUT2D eigenvalue weighted by Crippen LogP contribution is 2.23. The molecule has 0 radical (unpaired) electrons. The Bertz CT molecular complexity index is 616. The summed E-state index contributed by atoms with van der Waals surface area (Å²) in [4.78, 5) is 14.6. The number of benzene rings is 1. The van der Waals surface area contributed by atoms with Crippen molar-refractivity contribution in [3.05, 3.63) is 55.4 Å². The molecule has 2 nitrogen and oxygen atoms in total. The standard InChI is InChI=1S/C13H10BrClFNOS/c1-17(6-9-5-8(14)7-19-9)13(18)10-3-2-4-11(15)12(10)16/h2-5,7H,6H2,1H3. The predicted molar refractivity (Wildman–Crippen MR) is 79.2 cm³/mol. The molecule has 0 saturated heterocycles. The van der Waals surface area contributed by atoms with Crippen LogP contribution in [0.1, 0.15) is 15.2 Å². The Hall–Kier alpha value is -0.910. The lowest BCUT2D eigenvalue weighted by molar-refractivity contribution is 0.0782. The Morgan fingerprint density at radius 1 is 1.53 bits per heavy atom. The van der Waals surface area contributed by atoms with E-state index in [2.05, 4.69) is 15.9 Å². The lowest BCUT2D eigenvalue weighted by Gasteiger charge is -2.16. The smallest absolute Gasteiger partial charge is 0.256 e. The fourth-order valence-corrected chi connectivity index (χ4v) is 3.29. The van der Waals surface area contributed by atoms with Crippen LogP contribution in [0.3, 0.4) is 0 Å². The number of hydrogen-bond acceptors (Lipinski definition) is 2. The zero-order valence-corrected chi connectivity index (χ0v) is 13.1. The molecule has 0 bridgehead atoms. The molecule has 0 aliphatic carbocycles. The lowest BCUT2D eigenvalue weighted by atomic mass is 10.2. The van der Waals surface area contributed by atoms with E-state index in [1.807, 2.05) is 11.4 Å². The minimum atomic E-state index is -0.673. The Morgan fingerprint density at radius 3 is 2.89 bits per heavy atom. The highest BCUT2D eigenvalue weighted by atomic mass is 79.9. The van der Waals surface area contributed by atoms with Gasteiger partial charge in [0, 0.05) is 21.8 Å². The second kappa shape index (κ2) is 6.03. The molecule has 0 fully saturated rings. The van der Waals surface area contributed by atoms with Crippen LogP contribution < -0.4 is 0 Å². The summed E-state index contributed by atoms with van der Waals surface area (Å²) >= 11 is 10.6. The van der Waals surface area contributed by atoms with E-state index in [1.54, 1.807) is 13.1 Å². The molecule has 1 amide bonds. The fourth-order valence-electron chi connectivity index (χ4n) is 1.62. The number of nitrogens with zero attached hydrogens (tertiary/aromatic N) is 1.